The molecule has 0 spiro atoms. The van der Waals surface area contributed by atoms with Gasteiger partial charge in [0.05, 0.1) is 0 Å². The van der Waals surface area contributed by atoms with E-state index >= 15 is 0 Å². The molecule has 2 aliphatic rings. The number of hydrazine groups is 1. The molecular formula is C15H17ClN6O2S. The summed E-state index contributed by atoms with van der Waals surface area (Å²) in [6.45, 7) is 0.485. The first-order chi connectivity index (χ1) is 11.9. The normalized spacial score (nSPS) is 20.0. The average Bonchev–Trinajstić information content (AvgIpc) is 2.57. The van der Waals surface area contributed by atoms with Crippen molar-refractivity contribution >= 4 is 46.0 Å². The molecule has 132 valence electrons. The maximum Gasteiger partial charge on any atom is 0.268 e. The van der Waals surface area contributed by atoms with Crippen LogP contribution in [0.15, 0.2) is 34.6 Å². The lowest BCUT2D eigenvalue weighted by Crippen LogP contribution is -2.42. The minimum Gasteiger partial charge on any atom is -0.365 e. The molecule has 0 fully saturated rings. The first kappa shape index (κ1) is 17.6. The Morgan fingerprint density at radius 1 is 1.52 bits per heavy atom. The number of amides is 2. The number of nitrogens with one attached hydrogen (secondary N) is 2. The van der Waals surface area contributed by atoms with Crippen LogP contribution in [0.4, 0.5) is 5.69 Å². The number of halogens is 1. The van der Waals surface area contributed by atoms with Gasteiger partial charge in [0.25, 0.3) is 11.8 Å². The molecule has 0 saturated heterocycles. The second-order valence-electron chi connectivity index (χ2n) is 5.51. The molecule has 2 amide bonds. The molecule has 1 aromatic rings. The van der Waals surface area contributed by atoms with E-state index < -0.39 is 5.91 Å². The third-order valence-corrected chi connectivity index (χ3v) is 4.87. The molecule has 0 bridgehead atoms. The van der Waals surface area contributed by atoms with E-state index in [-0.39, 0.29) is 22.1 Å². The van der Waals surface area contributed by atoms with Crippen molar-refractivity contribution in [2.45, 2.75) is 11.9 Å². The zero-order valence-corrected chi connectivity index (χ0v) is 14.9. The molecule has 6 N–H and O–H groups in total. The molecule has 1 aromatic carbocycles. The van der Waals surface area contributed by atoms with E-state index in [9.17, 15) is 9.59 Å². The third kappa shape index (κ3) is 3.44. The second-order valence-corrected chi connectivity index (χ2v) is 6.79. The largest absolute Gasteiger partial charge is 0.365 e. The van der Waals surface area contributed by atoms with E-state index in [2.05, 4.69) is 15.6 Å². The van der Waals surface area contributed by atoms with Gasteiger partial charge in [0, 0.05) is 17.8 Å². The summed E-state index contributed by atoms with van der Waals surface area (Å²) in [6.07, 6.45) is 2.55. The number of nitrogens with two attached hydrogens (primary N) is 2. The molecule has 0 aromatic heterocycles. The number of rotatable bonds is 4. The smallest absolute Gasteiger partial charge is 0.268 e. The van der Waals surface area contributed by atoms with Crippen LogP contribution >= 0.6 is 23.4 Å². The van der Waals surface area contributed by atoms with Crippen molar-refractivity contribution in [1.82, 2.24) is 10.3 Å². The summed E-state index contributed by atoms with van der Waals surface area (Å²) in [7, 11) is 0. The Bertz CT molecular complexity index is 809. The molecule has 0 aliphatic carbocycles. The van der Waals surface area contributed by atoms with E-state index in [0.717, 1.165) is 5.56 Å². The average molecular weight is 381 g/mol. The third-order valence-electron chi connectivity index (χ3n) is 3.92. The van der Waals surface area contributed by atoms with Gasteiger partial charge in [-0.25, -0.2) is 10.8 Å². The Balaban J connectivity index is 1.95. The van der Waals surface area contributed by atoms with Gasteiger partial charge in [-0.3, -0.25) is 14.6 Å². The van der Waals surface area contributed by atoms with Gasteiger partial charge in [-0.05, 0) is 30.4 Å². The maximum atomic E-state index is 12.2. The lowest BCUT2D eigenvalue weighted by molar-refractivity contribution is -0.114. The number of aliphatic imine (C=N–C) groups is 1. The van der Waals surface area contributed by atoms with Crippen molar-refractivity contribution < 1.29 is 9.59 Å². The number of anilines is 1. The first-order valence-corrected chi connectivity index (χ1v) is 9.11. The van der Waals surface area contributed by atoms with Gasteiger partial charge < -0.3 is 16.4 Å². The molecule has 3 rings (SSSR count). The molecular weight excluding hydrogens is 364 g/mol. The van der Waals surface area contributed by atoms with Crippen LogP contribution in [0, 0.1) is 0 Å². The second kappa shape index (κ2) is 6.95. The van der Waals surface area contributed by atoms with Crippen LogP contribution in [-0.4, -0.2) is 40.3 Å². The van der Waals surface area contributed by atoms with Gasteiger partial charge in [0.1, 0.15) is 16.6 Å². The van der Waals surface area contributed by atoms with Gasteiger partial charge in [-0.1, -0.05) is 17.7 Å². The molecule has 25 heavy (non-hydrogen) atoms. The molecule has 0 saturated carbocycles. The summed E-state index contributed by atoms with van der Waals surface area (Å²) < 4.78 is 0. The number of fused-ring (bicyclic) bond motifs is 1. The highest BCUT2D eigenvalue weighted by molar-refractivity contribution is 7.99. The Labute approximate surface area is 153 Å². The number of hydrogen-bond acceptors (Lipinski definition) is 7. The zero-order valence-electron chi connectivity index (χ0n) is 13.4. The number of hydrogen-bond donors (Lipinski definition) is 4. The monoisotopic (exact) mass is 380 g/mol. The molecule has 1 unspecified atom stereocenters. The Morgan fingerprint density at radius 2 is 2.28 bits per heavy atom. The van der Waals surface area contributed by atoms with Crippen molar-refractivity contribution in [3.63, 3.8) is 0 Å². The summed E-state index contributed by atoms with van der Waals surface area (Å²) in [5, 5.41) is 7.35. The highest BCUT2D eigenvalue weighted by Crippen LogP contribution is 2.25. The molecule has 2 heterocycles. The number of carbonyl (C=O) groups excluding carboxylic acids is 2. The summed E-state index contributed by atoms with van der Waals surface area (Å²) in [5.74, 6) is 5.09. The minimum atomic E-state index is -0.703. The van der Waals surface area contributed by atoms with Crippen molar-refractivity contribution in [1.29, 1.82) is 0 Å². The van der Waals surface area contributed by atoms with Crippen LogP contribution in [0.2, 0.25) is 0 Å². The Kier molecular flexibility index (Phi) is 4.89. The van der Waals surface area contributed by atoms with Crippen molar-refractivity contribution in [3.8, 4) is 0 Å². The van der Waals surface area contributed by atoms with E-state index in [1.54, 1.807) is 6.07 Å². The lowest BCUT2D eigenvalue weighted by atomic mass is 9.99. The van der Waals surface area contributed by atoms with Gasteiger partial charge in [-0.15, -0.1) is 11.8 Å². The van der Waals surface area contributed by atoms with Gasteiger partial charge >= 0.3 is 0 Å². The SMILES string of the molecule is CSC1N=C(Cl)C(C(N)=O)=C(Nc2ccc3c(c2)C(=O)N(N)CC3)N1. The zero-order chi connectivity index (χ0) is 18.1. The quantitative estimate of drug-likeness (QED) is 0.446. The van der Waals surface area contributed by atoms with Crippen LogP contribution in [0.25, 0.3) is 0 Å². The predicted octanol–water partition coefficient (Wildman–Crippen LogP) is 0.554. The van der Waals surface area contributed by atoms with Gasteiger partial charge in [0.2, 0.25) is 0 Å². The van der Waals surface area contributed by atoms with E-state index in [1.807, 2.05) is 18.4 Å². The van der Waals surface area contributed by atoms with E-state index in [1.165, 1.54) is 16.8 Å². The van der Waals surface area contributed by atoms with Gasteiger partial charge in [-0.2, -0.15) is 0 Å². The van der Waals surface area contributed by atoms with E-state index in [4.69, 9.17) is 23.2 Å². The molecule has 2 aliphatic heterocycles. The lowest BCUT2D eigenvalue weighted by Gasteiger charge is -2.27. The molecule has 0 radical (unpaired) electrons. The van der Waals surface area contributed by atoms with Crippen LogP contribution < -0.4 is 22.2 Å². The summed E-state index contributed by atoms with van der Waals surface area (Å²) >= 11 is 7.50. The number of thioether (sulfide) groups is 1. The van der Waals surface area contributed by atoms with Crippen LogP contribution in [0.5, 0.6) is 0 Å². The van der Waals surface area contributed by atoms with Crippen LogP contribution in [0.3, 0.4) is 0 Å². The summed E-state index contributed by atoms with van der Waals surface area (Å²) in [4.78, 5) is 28.1. The van der Waals surface area contributed by atoms with Crippen molar-refractivity contribution in [3.05, 3.63) is 40.7 Å². The number of carbonyl (C=O) groups is 2. The summed E-state index contributed by atoms with van der Waals surface area (Å²) in [6, 6.07) is 5.37. The van der Waals surface area contributed by atoms with Crippen molar-refractivity contribution in [2.75, 3.05) is 18.1 Å². The highest BCUT2D eigenvalue weighted by Gasteiger charge is 2.26. The highest BCUT2D eigenvalue weighted by atomic mass is 35.5. The van der Waals surface area contributed by atoms with Crippen molar-refractivity contribution in [2.24, 2.45) is 16.6 Å². The standard InChI is InChI=1S/C15H17ClN6O2S/c1-25-15-20-11(16)10(12(17)23)13(21-15)19-8-3-2-7-4-5-22(18)14(24)9(7)6-8/h2-3,6,15,19,21H,4-5,18H2,1H3,(H2,17,23). The molecule has 1 atom stereocenters. The maximum absolute atomic E-state index is 12.2. The topological polar surface area (TPSA) is 126 Å². The molecule has 8 nitrogen and oxygen atoms in total. The minimum absolute atomic E-state index is 0.0373. The number of primary amides is 1. The Morgan fingerprint density at radius 3 is 2.96 bits per heavy atom. The number of benzene rings is 1. The van der Waals surface area contributed by atoms with E-state index in [0.29, 0.717) is 30.0 Å². The van der Waals surface area contributed by atoms with Crippen LogP contribution in [-0.2, 0) is 11.2 Å². The first-order valence-electron chi connectivity index (χ1n) is 7.44. The number of nitrogens with zero attached hydrogens (tertiary/aromatic N) is 2. The van der Waals surface area contributed by atoms with Gasteiger partial charge in [0.15, 0.2) is 5.50 Å². The van der Waals surface area contributed by atoms with Crippen LogP contribution in [0.1, 0.15) is 15.9 Å². The summed E-state index contributed by atoms with van der Waals surface area (Å²) in [5.41, 5.74) is 7.19. The molecule has 10 heteroatoms. The fourth-order valence-electron chi connectivity index (χ4n) is 2.65. The predicted molar refractivity (Wildman–Crippen MR) is 98.9 cm³/mol. The Hall–Kier alpha value is -2.23. The fraction of sp³-hybridized carbons (Fsp3) is 0.267. The fourth-order valence-corrected chi connectivity index (χ4v) is 3.44.